The van der Waals surface area contributed by atoms with Crippen LogP contribution in [0.3, 0.4) is 0 Å². The molecule has 0 aliphatic heterocycles. The molecule has 1 aromatic heterocycles. The van der Waals surface area contributed by atoms with Crippen molar-refractivity contribution in [3.05, 3.63) is 51.8 Å². The minimum atomic E-state index is -3.71. The molecule has 0 bridgehead atoms. The largest absolute Gasteiger partial charge is 0.290 e. The third kappa shape index (κ3) is 4.40. The Morgan fingerprint density at radius 2 is 1.62 bits per heavy atom. The number of amides is 2. The van der Waals surface area contributed by atoms with Gasteiger partial charge in [0.2, 0.25) is 15.0 Å². The maximum absolute atomic E-state index is 12.0. The van der Waals surface area contributed by atoms with Crippen LogP contribution in [0.25, 0.3) is 0 Å². The van der Waals surface area contributed by atoms with Gasteiger partial charge in [-0.25, -0.2) is 18.4 Å². The van der Waals surface area contributed by atoms with Crippen molar-refractivity contribution in [3.8, 4) is 0 Å². The number of hydrazine groups is 1. The summed E-state index contributed by atoms with van der Waals surface area (Å²) >= 11 is 11.5. The van der Waals surface area contributed by atoms with Gasteiger partial charge in [0.25, 0.3) is 11.8 Å². The first-order valence-electron chi connectivity index (χ1n) is 6.27. The van der Waals surface area contributed by atoms with Gasteiger partial charge in [-0.05, 0) is 24.3 Å². The molecule has 0 spiro atoms. The van der Waals surface area contributed by atoms with Gasteiger partial charge < -0.3 is 0 Å². The van der Waals surface area contributed by atoms with E-state index < -0.39 is 26.8 Å². The zero-order valence-corrected chi connectivity index (χ0v) is 14.4. The van der Waals surface area contributed by atoms with Crippen molar-refractivity contribution in [3.63, 3.8) is 0 Å². The number of hydrogen-bond donors (Lipinski definition) is 2. The molecule has 8 nitrogen and oxygen atoms in total. The molecule has 0 saturated carbocycles. The summed E-state index contributed by atoms with van der Waals surface area (Å²) in [5, 5.41) is -0.265. The first-order chi connectivity index (χ1) is 11.2. The predicted octanol–water partition coefficient (Wildman–Crippen LogP) is 1.26. The number of sulfone groups is 1. The fourth-order valence-corrected chi connectivity index (χ4v) is 2.34. The smallest absolute Gasteiger partial charge is 0.267 e. The normalized spacial score (nSPS) is 11.0. The van der Waals surface area contributed by atoms with Gasteiger partial charge in [0.1, 0.15) is 0 Å². The summed E-state index contributed by atoms with van der Waals surface area (Å²) in [6.45, 7) is 0. The molecule has 2 N–H and O–H groups in total. The third-order valence-electron chi connectivity index (χ3n) is 2.66. The molecule has 0 atom stereocenters. The number of carbonyl (C=O) groups excluding carboxylic acids is 2. The molecule has 0 saturated heterocycles. The van der Waals surface area contributed by atoms with E-state index in [1.807, 2.05) is 0 Å². The van der Waals surface area contributed by atoms with Gasteiger partial charge >= 0.3 is 0 Å². The lowest BCUT2D eigenvalue weighted by atomic mass is 10.2. The number of nitrogens with one attached hydrogen (secondary N) is 2. The fraction of sp³-hybridized carbons (Fsp3) is 0.0769. The molecule has 1 aromatic carbocycles. The Balaban J connectivity index is 2.12. The number of aromatic nitrogens is 2. The number of rotatable bonds is 3. The molecule has 11 heteroatoms. The van der Waals surface area contributed by atoms with Gasteiger partial charge in [0.15, 0.2) is 5.69 Å². The highest BCUT2D eigenvalue weighted by atomic mass is 35.5. The van der Waals surface area contributed by atoms with Gasteiger partial charge in [0.05, 0.1) is 11.2 Å². The molecule has 1 heterocycles. The lowest BCUT2D eigenvalue weighted by Gasteiger charge is -2.08. The number of hydrogen-bond acceptors (Lipinski definition) is 6. The van der Waals surface area contributed by atoms with E-state index in [9.17, 15) is 18.0 Å². The van der Waals surface area contributed by atoms with Crippen molar-refractivity contribution in [1.82, 2.24) is 20.8 Å². The highest BCUT2D eigenvalue weighted by molar-refractivity contribution is 7.90. The minimum absolute atomic E-state index is 0.166. The molecule has 24 heavy (non-hydrogen) atoms. The number of halogens is 2. The molecular formula is C13H10Cl2N4O4S. The van der Waals surface area contributed by atoms with Gasteiger partial charge in [-0.2, -0.15) is 0 Å². The van der Waals surface area contributed by atoms with Crippen LogP contribution in [0.15, 0.2) is 35.6 Å². The molecular weight excluding hydrogens is 379 g/mol. The fourth-order valence-electron chi connectivity index (χ4n) is 1.53. The van der Waals surface area contributed by atoms with Crippen LogP contribution in [-0.4, -0.2) is 36.5 Å². The average Bonchev–Trinajstić information content (AvgIpc) is 2.52. The summed E-state index contributed by atoms with van der Waals surface area (Å²) in [5.74, 6) is -1.50. The lowest BCUT2D eigenvalue weighted by molar-refractivity contribution is 0.0843. The molecule has 126 valence electrons. The van der Waals surface area contributed by atoms with Crippen molar-refractivity contribution >= 4 is 44.9 Å². The Labute approximate surface area is 147 Å². The molecule has 0 unspecified atom stereocenters. The monoisotopic (exact) mass is 388 g/mol. The van der Waals surface area contributed by atoms with Crippen LogP contribution < -0.4 is 10.9 Å². The van der Waals surface area contributed by atoms with Crippen molar-refractivity contribution in [2.45, 2.75) is 5.16 Å². The Morgan fingerprint density at radius 3 is 2.21 bits per heavy atom. The molecule has 0 radical (unpaired) electrons. The third-order valence-corrected chi connectivity index (χ3v) is 4.05. The van der Waals surface area contributed by atoms with E-state index >= 15 is 0 Å². The Morgan fingerprint density at radius 1 is 1.04 bits per heavy atom. The summed E-state index contributed by atoms with van der Waals surface area (Å²) < 4.78 is 22.8. The van der Waals surface area contributed by atoms with Crippen LogP contribution >= 0.6 is 23.2 Å². The maximum atomic E-state index is 12.0. The molecule has 0 aliphatic rings. The summed E-state index contributed by atoms with van der Waals surface area (Å²) in [5.41, 5.74) is 4.11. The lowest BCUT2D eigenvalue weighted by Crippen LogP contribution is -2.42. The van der Waals surface area contributed by atoms with Gasteiger partial charge in [-0.15, -0.1) is 0 Å². The molecule has 2 aromatic rings. The van der Waals surface area contributed by atoms with Crippen molar-refractivity contribution in [1.29, 1.82) is 0 Å². The van der Waals surface area contributed by atoms with Crippen LogP contribution in [0.1, 0.15) is 20.8 Å². The molecule has 0 fully saturated rings. The van der Waals surface area contributed by atoms with E-state index in [2.05, 4.69) is 20.8 Å². The van der Waals surface area contributed by atoms with Gasteiger partial charge in [0, 0.05) is 16.8 Å². The van der Waals surface area contributed by atoms with Crippen LogP contribution in [0.2, 0.25) is 10.0 Å². The summed E-state index contributed by atoms with van der Waals surface area (Å²) in [7, 11) is -3.71. The van der Waals surface area contributed by atoms with E-state index in [-0.39, 0.29) is 16.3 Å². The summed E-state index contributed by atoms with van der Waals surface area (Å²) in [6, 6.07) is 5.95. The Hall–Kier alpha value is -2.23. The van der Waals surface area contributed by atoms with E-state index in [1.54, 1.807) is 0 Å². The summed E-state index contributed by atoms with van der Waals surface area (Å²) in [4.78, 5) is 31.0. The highest BCUT2D eigenvalue weighted by Gasteiger charge is 2.19. The van der Waals surface area contributed by atoms with Crippen LogP contribution in [0.5, 0.6) is 0 Å². The van der Waals surface area contributed by atoms with E-state index in [0.29, 0.717) is 5.02 Å². The van der Waals surface area contributed by atoms with E-state index in [4.69, 9.17) is 23.2 Å². The first kappa shape index (κ1) is 18.1. The molecule has 2 rings (SSSR count). The van der Waals surface area contributed by atoms with Crippen molar-refractivity contribution in [2.24, 2.45) is 0 Å². The maximum Gasteiger partial charge on any atom is 0.290 e. The van der Waals surface area contributed by atoms with E-state index in [1.165, 1.54) is 24.3 Å². The zero-order valence-electron chi connectivity index (χ0n) is 12.1. The Kier molecular flexibility index (Phi) is 5.37. The highest BCUT2D eigenvalue weighted by Crippen LogP contribution is 2.14. The van der Waals surface area contributed by atoms with Crippen LogP contribution in [0.4, 0.5) is 0 Å². The average molecular weight is 389 g/mol. The van der Waals surface area contributed by atoms with Gasteiger partial charge in [-0.1, -0.05) is 23.2 Å². The SMILES string of the molecule is CS(=O)(=O)c1ncc(Cl)c(C(=O)NNC(=O)c2ccc(Cl)cc2)n1. The molecule has 0 aliphatic carbocycles. The Bertz CT molecular complexity index is 901. The topological polar surface area (TPSA) is 118 Å². The number of carbonyl (C=O) groups is 2. The number of benzene rings is 1. The summed E-state index contributed by atoms with van der Waals surface area (Å²) in [6.07, 6.45) is 1.88. The quantitative estimate of drug-likeness (QED) is 0.603. The van der Waals surface area contributed by atoms with E-state index in [0.717, 1.165) is 12.5 Å². The first-order valence-corrected chi connectivity index (χ1v) is 8.92. The minimum Gasteiger partial charge on any atom is -0.267 e. The second kappa shape index (κ2) is 7.12. The number of nitrogens with zero attached hydrogens (tertiary/aromatic N) is 2. The van der Waals surface area contributed by atoms with Crippen molar-refractivity contribution in [2.75, 3.05) is 6.26 Å². The second-order valence-electron chi connectivity index (χ2n) is 4.54. The standard InChI is InChI=1S/C13H10Cl2N4O4S/c1-24(22,23)13-16-6-9(15)10(17-13)12(21)19-18-11(20)7-2-4-8(14)5-3-7/h2-6H,1H3,(H,18,20)(H,19,21). The van der Waals surface area contributed by atoms with Crippen LogP contribution in [0, 0.1) is 0 Å². The second-order valence-corrected chi connectivity index (χ2v) is 7.29. The zero-order chi connectivity index (χ0) is 17.9. The van der Waals surface area contributed by atoms with Crippen LogP contribution in [-0.2, 0) is 9.84 Å². The van der Waals surface area contributed by atoms with Crippen molar-refractivity contribution < 1.29 is 18.0 Å². The predicted molar refractivity (Wildman–Crippen MR) is 86.5 cm³/mol. The molecule has 2 amide bonds. The van der Waals surface area contributed by atoms with Gasteiger partial charge in [-0.3, -0.25) is 20.4 Å².